The Labute approximate surface area is 193 Å². The summed E-state index contributed by atoms with van der Waals surface area (Å²) in [5.41, 5.74) is 1.14. The smallest absolute Gasteiger partial charge is 0.339 e. The van der Waals surface area contributed by atoms with Crippen molar-refractivity contribution in [2.24, 2.45) is 0 Å². The first-order valence-electron chi connectivity index (χ1n) is 10.3. The van der Waals surface area contributed by atoms with Crippen LogP contribution in [0.4, 0.5) is 11.4 Å². The highest BCUT2D eigenvalue weighted by molar-refractivity contribution is 6.28. The van der Waals surface area contributed by atoms with Gasteiger partial charge in [-0.15, -0.1) is 0 Å². The van der Waals surface area contributed by atoms with E-state index in [-0.39, 0.29) is 50.8 Å². The van der Waals surface area contributed by atoms with Crippen molar-refractivity contribution in [3.63, 3.8) is 0 Å². The van der Waals surface area contributed by atoms with Crippen LogP contribution in [0.2, 0.25) is 0 Å². The second kappa shape index (κ2) is 8.70. The predicted molar refractivity (Wildman–Crippen MR) is 121 cm³/mol. The molecule has 0 heterocycles. The topological polar surface area (TPSA) is 133 Å². The van der Waals surface area contributed by atoms with Crippen molar-refractivity contribution in [2.75, 3.05) is 5.32 Å². The average molecular weight is 458 g/mol. The molecule has 0 spiro atoms. The predicted octanol–water partition coefficient (Wildman–Crippen LogP) is 3.86. The summed E-state index contributed by atoms with van der Waals surface area (Å²) < 4.78 is 5.19. The van der Waals surface area contributed by atoms with Crippen LogP contribution in [-0.4, -0.2) is 34.5 Å². The number of ether oxygens (including phenoxy) is 1. The van der Waals surface area contributed by atoms with E-state index >= 15 is 0 Å². The normalized spacial score (nSPS) is 12.9. The Bertz CT molecular complexity index is 1390. The number of carbonyl (C=O) groups excluding carboxylic acids is 4. The van der Waals surface area contributed by atoms with Gasteiger partial charge in [-0.3, -0.25) is 24.5 Å². The minimum atomic E-state index is -1.24. The molecule has 0 aliphatic heterocycles. The number of benzene rings is 3. The third kappa shape index (κ3) is 3.95. The fourth-order valence-corrected chi connectivity index (χ4v) is 3.74. The molecule has 1 amide bonds. The van der Waals surface area contributed by atoms with Gasteiger partial charge in [0.1, 0.15) is 0 Å². The zero-order valence-electron chi connectivity index (χ0n) is 18.2. The number of hydrogen-bond acceptors (Lipinski definition) is 7. The van der Waals surface area contributed by atoms with Crippen LogP contribution in [-0.2, 0) is 9.53 Å². The molecule has 0 fully saturated rings. The molecule has 0 bridgehead atoms. The van der Waals surface area contributed by atoms with Crippen LogP contribution in [0.5, 0.6) is 0 Å². The fourth-order valence-electron chi connectivity index (χ4n) is 3.74. The lowest BCUT2D eigenvalue weighted by Crippen LogP contribution is -2.30. The minimum absolute atomic E-state index is 0.0228. The van der Waals surface area contributed by atoms with Gasteiger partial charge in [0.25, 0.3) is 11.6 Å². The lowest BCUT2D eigenvalue weighted by Gasteiger charge is -2.19. The van der Waals surface area contributed by atoms with E-state index in [0.29, 0.717) is 5.56 Å². The van der Waals surface area contributed by atoms with Crippen LogP contribution in [0, 0.1) is 17.0 Å². The SMILES string of the molecule is Cc1c(C(=O)OC(C)C(=O)Nc2ccc3c(c2)C(=O)c2ccccc2C3=O)cccc1[N+](=O)[O-]. The molecule has 1 aliphatic carbocycles. The standard InChI is InChI=1S/C25H18N2O7/c1-13-16(8-5-9-21(13)27(32)33)25(31)34-14(2)24(30)26-15-10-11-19-20(12-15)23(29)18-7-4-3-6-17(18)22(19)28/h3-12,14H,1-2H3,(H,26,30). The second-order valence-electron chi connectivity index (χ2n) is 7.71. The number of nitrogens with zero attached hydrogens (tertiary/aromatic N) is 1. The number of nitro benzene ring substituents is 1. The van der Waals surface area contributed by atoms with Crippen molar-refractivity contribution >= 4 is 34.8 Å². The van der Waals surface area contributed by atoms with E-state index in [4.69, 9.17) is 4.74 Å². The molecule has 0 radical (unpaired) electrons. The maximum absolute atomic E-state index is 12.9. The van der Waals surface area contributed by atoms with Gasteiger partial charge in [0.05, 0.1) is 10.5 Å². The molecular weight excluding hydrogens is 440 g/mol. The Kier molecular flexibility index (Phi) is 5.77. The number of anilines is 1. The van der Waals surface area contributed by atoms with Crippen LogP contribution in [0.15, 0.2) is 60.7 Å². The van der Waals surface area contributed by atoms with Gasteiger partial charge in [-0.25, -0.2) is 4.79 Å². The Balaban J connectivity index is 1.50. The number of hydrogen-bond donors (Lipinski definition) is 1. The van der Waals surface area contributed by atoms with Gasteiger partial charge in [-0.2, -0.15) is 0 Å². The van der Waals surface area contributed by atoms with Crippen LogP contribution in [0.25, 0.3) is 0 Å². The van der Waals surface area contributed by atoms with Gasteiger partial charge in [-0.05, 0) is 38.1 Å². The van der Waals surface area contributed by atoms with Crippen molar-refractivity contribution in [2.45, 2.75) is 20.0 Å². The van der Waals surface area contributed by atoms with E-state index in [1.807, 2.05) is 0 Å². The first kappa shape index (κ1) is 22.5. The zero-order valence-corrected chi connectivity index (χ0v) is 18.2. The first-order chi connectivity index (χ1) is 16.2. The van der Waals surface area contributed by atoms with Gasteiger partial charge in [0.15, 0.2) is 17.7 Å². The quantitative estimate of drug-likeness (QED) is 0.273. The Morgan fingerprint density at radius 2 is 1.53 bits per heavy atom. The summed E-state index contributed by atoms with van der Waals surface area (Å²) in [7, 11) is 0. The molecule has 0 aromatic heterocycles. The minimum Gasteiger partial charge on any atom is -0.449 e. The summed E-state index contributed by atoms with van der Waals surface area (Å²) >= 11 is 0. The van der Waals surface area contributed by atoms with Gasteiger partial charge < -0.3 is 10.1 Å². The highest BCUT2D eigenvalue weighted by Crippen LogP contribution is 2.29. The van der Waals surface area contributed by atoms with E-state index in [9.17, 15) is 29.3 Å². The number of nitrogens with one attached hydrogen (secondary N) is 1. The van der Waals surface area contributed by atoms with Crippen LogP contribution in [0.1, 0.15) is 54.7 Å². The molecule has 34 heavy (non-hydrogen) atoms. The summed E-state index contributed by atoms with van der Waals surface area (Å²) in [6.07, 6.45) is -1.24. The first-order valence-corrected chi connectivity index (χ1v) is 10.3. The van der Waals surface area contributed by atoms with Crippen LogP contribution < -0.4 is 5.32 Å². The molecular formula is C25H18N2O7. The molecule has 9 nitrogen and oxygen atoms in total. The number of carbonyl (C=O) groups is 4. The Hall–Kier alpha value is -4.66. The van der Waals surface area contributed by atoms with E-state index in [0.717, 1.165) is 0 Å². The molecule has 4 rings (SSSR count). The monoisotopic (exact) mass is 458 g/mol. The molecule has 1 atom stereocenters. The van der Waals surface area contributed by atoms with Crippen molar-refractivity contribution in [3.8, 4) is 0 Å². The molecule has 3 aromatic rings. The number of ketones is 2. The maximum atomic E-state index is 12.9. The van der Waals surface area contributed by atoms with Crippen molar-refractivity contribution < 1.29 is 28.8 Å². The third-order valence-electron chi connectivity index (χ3n) is 5.57. The summed E-state index contributed by atoms with van der Waals surface area (Å²) in [5.74, 6) is -2.17. The Morgan fingerprint density at radius 3 is 2.18 bits per heavy atom. The lowest BCUT2D eigenvalue weighted by atomic mass is 9.84. The van der Waals surface area contributed by atoms with E-state index in [1.54, 1.807) is 24.3 Å². The summed E-state index contributed by atoms with van der Waals surface area (Å²) in [6, 6.07) is 14.9. The lowest BCUT2D eigenvalue weighted by molar-refractivity contribution is -0.385. The number of rotatable bonds is 5. The number of fused-ring (bicyclic) bond motifs is 2. The summed E-state index contributed by atoms with van der Waals surface area (Å²) in [5, 5.41) is 13.7. The number of amides is 1. The molecule has 1 unspecified atom stereocenters. The molecule has 1 aliphatic rings. The van der Waals surface area contributed by atoms with Gasteiger partial charge >= 0.3 is 5.97 Å². The Morgan fingerprint density at radius 1 is 0.912 bits per heavy atom. The van der Waals surface area contributed by atoms with E-state index < -0.39 is 22.9 Å². The molecule has 1 N–H and O–H groups in total. The fraction of sp³-hybridized carbons (Fsp3) is 0.120. The van der Waals surface area contributed by atoms with Gasteiger partial charge in [0, 0.05) is 39.6 Å². The molecule has 9 heteroatoms. The zero-order chi connectivity index (χ0) is 24.6. The maximum Gasteiger partial charge on any atom is 0.339 e. The van der Waals surface area contributed by atoms with Crippen molar-refractivity contribution in [1.82, 2.24) is 0 Å². The summed E-state index contributed by atoms with van der Waals surface area (Å²) in [4.78, 5) is 61.1. The molecule has 3 aromatic carbocycles. The second-order valence-corrected chi connectivity index (χ2v) is 7.71. The van der Waals surface area contributed by atoms with Crippen LogP contribution in [0.3, 0.4) is 0 Å². The third-order valence-corrected chi connectivity index (χ3v) is 5.57. The van der Waals surface area contributed by atoms with Gasteiger partial charge in [-0.1, -0.05) is 30.3 Å². The molecule has 170 valence electrons. The van der Waals surface area contributed by atoms with E-state index in [1.165, 1.54) is 50.2 Å². The van der Waals surface area contributed by atoms with Crippen molar-refractivity contribution in [1.29, 1.82) is 0 Å². The highest BCUT2D eigenvalue weighted by Gasteiger charge is 2.30. The molecule has 0 saturated heterocycles. The highest BCUT2D eigenvalue weighted by atomic mass is 16.6. The number of esters is 1. The largest absolute Gasteiger partial charge is 0.449 e. The van der Waals surface area contributed by atoms with Crippen LogP contribution >= 0.6 is 0 Å². The van der Waals surface area contributed by atoms with Gasteiger partial charge in [0.2, 0.25) is 0 Å². The van der Waals surface area contributed by atoms with Crippen molar-refractivity contribution in [3.05, 3.63) is 104 Å². The van der Waals surface area contributed by atoms with E-state index in [2.05, 4.69) is 5.32 Å². The molecule has 0 saturated carbocycles. The summed E-state index contributed by atoms with van der Waals surface area (Å²) in [6.45, 7) is 2.77. The number of nitro groups is 1. The average Bonchev–Trinajstić information content (AvgIpc) is 2.82.